The molecule has 0 unspecified atom stereocenters. The number of para-hydroxylation sites is 1. The van der Waals surface area contributed by atoms with Crippen molar-refractivity contribution in [2.45, 2.75) is 24.1 Å². The van der Waals surface area contributed by atoms with Crippen molar-refractivity contribution >= 4 is 23.5 Å². The van der Waals surface area contributed by atoms with Crippen molar-refractivity contribution in [3.8, 4) is 0 Å². The first-order valence-corrected chi connectivity index (χ1v) is 7.57. The highest BCUT2D eigenvalue weighted by Crippen LogP contribution is 2.31. The number of carbonyl (C=O) groups is 1. The van der Waals surface area contributed by atoms with Gasteiger partial charge < -0.3 is 10.6 Å². The van der Waals surface area contributed by atoms with Crippen molar-refractivity contribution in [1.29, 1.82) is 0 Å². The van der Waals surface area contributed by atoms with E-state index in [1.54, 1.807) is 24.3 Å². The maximum absolute atomic E-state index is 12.5. The molecule has 2 amide bonds. The van der Waals surface area contributed by atoms with E-state index >= 15 is 0 Å². The van der Waals surface area contributed by atoms with Gasteiger partial charge in [-0.25, -0.2) is 4.79 Å². The second kappa shape index (κ2) is 7.79. The van der Waals surface area contributed by atoms with Crippen molar-refractivity contribution in [3.05, 3.63) is 59.7 Å². The largest absolute Gasteiger partial charge is 0.334 e. The summed E-state index contributed by atoms with van der Waals surface area (Å²) in [6.45, 7) is 2.35. The molecular weight excluding hydrogens is 306 g/mol. The highest BCUT2D eigenvalue weighted by atomic mass is 32.2. The van der Waals surface area contributed by atoms with Crippen molar-refractivity contribution in [2.75, 3.05) is 5.32 Å². The molecular formula is C16H16F2N2OS. The SMILES string of the molecule is Cc1cccc(CNC(=O)Nc2ccccc2SC(F)F)c1. The fourth-order valence-electron chi connectivity index (χ4n) is 1.94. The van der Waals surface area contributed by atoms with E-state index in [-0.39, 0.29) is 0 Å². The number of carbonyl (C=O) groups excluding carboxylic acids is 1. The zero-order chi connectivity index (χ0) is 15.9. The Kier molecular flexibility index (Phi) is 5.77. The first kappa shape index (κ1) is 16.3. The number of urea groups is 1. The summed E-state index contributed by atoms with van der Waals surface area (Å²) in [4.78, 5) is 12.2. The number of anilines is 1. The Hall–Kier alpha value is -2.08. The molecule has 0 spiro atoms. The summed E-state index contributed by atoms with van der Waals surface area (Å²) >= 11 is 0.408. The quantitative estimate of drug-likeness (QED) is 0.788. The van der Waals surface area contributed by atoms with Gasteiger partial charge in [-0.2, -0.15) is 8.78 Å². The molecule has 0 atom stereocenters. The Balaban J connectivity index is 1.95. The van der Waals surface area contributed by atoms with Crippen LogP contribution in [0.1, 0.15) is 11.1 Å². The molecule has 3 nitrogen and oxygen atoms in total. The number of benzene rings is 2. The van der Waals surface area contributed by atoms with Gasteiger partial charge in [-0.1, -0.05) is 53.7 Å². The average Bonchev–Trinajstić information content (AvgIpc) is 2.47. The van der Waals surface area contributed by atoms with E-state index in [4.69, 9.17) is 0 Å². The first-order valence-electron chi connectivity index (χ1n) is 6.69. The highest BCUT2D eigenvalue weighted by Gasteiger charge is 2.11. The number of amides is 2. The van der Waals surface area contributed by atoms with Gasteiger partial charge in [0.05, 0.1) is 5.69 Å². The minimum atomic E-state index is -2.53. The van der Waals surface area contributed by atoms with Gasteiger partial charge in [0.25, 0.3) is 5.76 Å². The number of thioether (sulfide) groups is 1. The first-order chi connectivity index (χ1) is 10.5. The second-order valence-corrected chi connectivity index (χ2v) is 5.70. The summed E-state index contributed by atoms with van der Waals surface area (Å²) in [5, 5.41) is 5.30. The molecule has 6 heteroatoms. The number of hydrogen-bond donors (Lipinski definition) is 2. The fraction of sp³-hybridized carbons (Fsp3) is 0.188. The van der Waals surface area contributed by atoms with Gasteiger partial charge in [0.1, 0.15) is 0 Å². The molecule has 0 saturated carbocycles. The van der Waals surface area contributed by atoms with E-state index in [0.717, 1.165) is 11.1 Å². The van der Waals surface area contributed by atoms with Crippen LogP contribution in [0.15, 0.2) is 53.4 Å². The van der Waals surface area contributed by atoms with E-state index in [1.807, 2.05) is 31.2 Å². The summed E-state index contributed by atoms with van der Waals surface area (Å²) in [5.74, 6) is -2.53. The lowest BCUT2D eigenvalue weighted by atomic mass is 10.1. The maximum atomic E-state index is 12.5. The number of rotatable bonds is 5. The molecule has 22 heavy (non-hydrogen) atoms. The number of aryl methyl sites for hydroxylation is 1. The second-order valence-electron chi connectivity index (χ2n) is 4.67. The van der Waals surface area contributed by atoms with Crippen LogP contribution in [0.2, 0.25) is 0 Å². The molecule has 2 aromatic carbocycles. The molecule has 0 aliphatic carbocycles. The fourth-order valence-corrected chi connectivity index (χ4v) is 2.53. The monoisotopic (exact) mass is 322 g/mol. The topological polar surface area (TPSA) is 41.1 Å². The van der Waals surface area contributed by atoms with E-state index < -0.39 is 11.8 Å². The van der Waals surface area contributed by atoms with Gasteiger partial charge in [-0.05, 0) is 24.6 Å². The van der Waals surface area contributed by atoms with Crippen LogP contribution in [-0.2, 0) is 6.54 Å². The summed E-state index contributed by atoms with van der Waals surface area (Å²) in [6.07, 6.45) is 0. The predicted molar refractivity (Wildman–Crippen MR) is 85.3 cm³/mol. The molecule has 116 valence electrons. The molecule has 0 radical (unpaired) electrons. The van der Waals surface area contributed by atoms with Crippen LogP contribution in [0, 0.1) is 6.92 Å². The van der Waals surface area contributed by atoms with Crippen LogP contribution in [-0.4, -0.2) is 11.8 Å². The molecule has 0 bridgehead atoms. The van der Waals surface area contributed by atoms with Gasteiger partial charge in [0, 0.05) is 11.4 Å². The van der Waals surface area contributed by atoms with Gasteiger partial charge >= 0.3 is 6.03 Å². The predicted octanol–water partition coefficient (Wildman–Crippen LogP) is 4.63. The molecule has 2 N–H and O–H groups in total. The van der Waals surface area contributed by atoms with Crippen LogP contribution in [0.25, 0.3) is 0 Å². The Labute approximate surface area is 132 Å². The van der Waals surface area contributed by atoms with Crippen LogP contribution in [0.3, 0.4) is 0 Å². The van der Waals surface area contributed by atoms with E-state index in [9.17, 15) is 13.6 Å². The molecule has 0 aliphatic rings. The van der Waals surface area contributed by atoms with Gasteiger partial charge in [-0.3, -0.25) is 0 Å². The highest BCUT2D eigenvalue weighted by molar-refractivity contribution is 7.99. The molecule has 0 saturated heterocycles. The summed E-state index contributed by atoms with van der Waals surface area (Å²) < 4.78 is 25.0. The van der Waals surface area contributed by atoms with Gasteiger partial charge in [-0.15, -0.1) is 0 Å². The number of nitrogens with one attached hydrogen (secondary N) is 2. The third-order valence-corrected chi connectivity index (χ3v) is 3.67. The third-order valence-electron chi connectivity index (χ3n) is 2.89. The Morgan fingerprint density at radius 2 is 1.95 bits per heavy atom. The van der Waals surface area contributed by atoms with Crippen molar-refractivity contribution in [1.82, 2.24) is 5.32 Å². The molecule has 2 aromatic rings. The van der Waals surface area contributed by atoms with Crippen LogP contribution < -0.4 is 10.6 Å². The van der Waals surface area contributed by atoms with Crippen LogP contribution in [0.5, 0.6) is 0 Å². The molecule has 0 aliphatic heterocycles. The molecule has 0 heterocycles. The zero-order valence-corrected chi connectivity index (χ0v) is 12.8. The van der Waals surface area contributed by atoms with Gasteiger partial charge in [0.2, 0.25) is 0 Å². The standard InChI is InChI=1S/C16H16F2N2OS/c1-11-5-4-6-12(9-11)10-19-16(21)20-13-7-2-3-8-14(13)22-15(17)18/h2-9,15H,10H2,1H3,(H2,19,20,21). The van der Waals surface area contributed by atoms with Gasteiger partial charge in [0.15, 0.2) is 0 Å². The summed E-state index contributed by atoms with van der Waals surface area (Å²) in [6, 6.07) is 13.8. The Morgan fingerprint density at radius 3 is 2.68 bits per heavy atom. The van der Waals surface area contributed by atoms with Crippen molar-refractivity contribution < 1.29 is 13.6 Å². The third kappa shape index (κ3) is 5.04. The number of alkyl halides is 2. The maximum Gasteiger partial charge on any atom is 0.319 e. The molecule has 0 fully saturated rings. The summed E-state index contributed by atoms with van der Waals surface area (Å²) in [5.41, 5.74) is 2.46. The molecule has 2 rings (SSSR count). The van der Waals surface area contributed by atoms with Crippen molar-refractivity contribution in [3.63, 3.8) is 0 Å². The van der Waals surface area contributed by atoms with Crippen molar-refractivity contribution in [2.24, 2.45) is 0 Å². The summed E-state index contributed by atoms with van der Waals surface area (Å²) in [7, 11) is 0. The van der Waals surface area contributed by atoms with Crippen LogP contribution in [0.4, 0.5) is 19.3 Å². The van der Waals surface area contributed by atoms with E-state index in [2.05, 4.69) is 10.6 Å². The normalized spacial score (nSPS) is 10.5. The number of halogens is 2. The number of hydrogen-bond acceptors (Lipinski definition) is 2. The smallest absolute Gasteiger partial charge is 0.319 e. The molecule has 0 aromatic heterocycles. The lowest BCUT2D eigenvalue weighted by Crippen LogP contribution is -2.28. The van der Waals surface area contributed by atoms with E-state index in [0.29, 0.717) is 28.9 Å². The van der Waals surface area contributed by atoms with E-state index in [1.165, 1.54) is 0 Å². The zero-order valence-electron chi connectivity index (χ0n) is 12.0. The Morgan fingerprint density at radius 1 is 1.18 bits per heavy atom. The lowest BCUT2D eigenvalue weighted by Gasteiger charge is -2.11. The van der Waals surface area contributed by atoms with Crippen LogP contribution >= 0.6 is 11.8 Å². The minimum Gasteiger partial charge on any atom is -0.334 e. The Bertz CT molecular complexity index is 650. The average molecular weight is 322 g/mol. The minimum absolute atomic E-state index is 0.336. The lowest BCUT2D eigenvalue weighted by molar-refractivity contribution is 0.250.